The van der Waals surface area contributed by atoms with Gasteiger partial charge in [-0.25, -0.2) is 4.79 Å². The maximum Gasteiger partial charge on any atom is 0.407 e. The van der Waals surface area contributed by atoms with Crippen LogP contribution in [0.4, 0.5) is 4.79 Å². The number of benzene rings is 2. The van der Waals surface area contributed by atoms with E-state index in [4.69, 9.17) is 9.47 Å². The first-order valence-corrected chi connectivity index (χ1v) is 9.77. The van der Waals surface area contributed by atoms with Gasteiger partial charge in [0.15, 0.2) is 0 Å². The summed E-state index contributed by atoms with van der Waals surface area (Å²) in [5.41, 5.74) is 2.08. The molecule has 0 bridgehead atoms. The maximum atomic E-state index is 12.2. The fraction of sp³-hybridized carbons (Fsp3) is 0.409. The minimum atomic E-state index is -0.723. The van der Waals surface area contributed by atoms with Crippen LogP contribution in [-0.4, -0.2) is 42.6 Å². The first kappa shape index (κ1) is 20.2. The molecule has 0 aromatic heterocycles. The van der Waals surface area contributed by atoms with Gasteiger partial charge >= 0.3 is 6.09 Å². The third kappa shape index (κ3) is 5.71. The highest BCUT2D eigenvalue weighted by Crippen LogP contribution is 2.19. The van der Waals surface area contributed by atoms with E-state index >= 15 is 0 Å². The second-order valence-corrected chi connectivity index (χ2v) is 6.99. The van der Waals surface area contributed by atoms with Gasteiger partial charge in [-0.1, -0.05) is 49.4 Å². The van der Waals surface area contributed by atoms with Gasteiger partial charge in [0.05, 0.1) is 12.6 Å². The quantitative estimate of drug-likeness (QED) is 0.652. The van der Waals surface area contributed by atoms with Crippen LogP contribution in [0.2, 0.25) is 0 Å². The van der Waals surface area contributed by atoms with Gasteiger partial charge < -0.3 is 25.2 Å². The fourth-order valence-electron chi connectivity index (χ4n) is 3.25. The Balaban J connectivity index is 1.52. The molecule has 6 nitrogen and oxygen atoms in total. The van der Waals surface area contributed by atoms with Crippen LogP contribution in [0.1, 0.15) is 24.5 Å². The molecular formula is C22H28N2O4. The highest BCUT2D eigenvalue weighted by atomic mass is 16.6. The Labute approximate surface area is 165 Å². The highest BCUT2D eigenvalue weighted by Gasteiger charge is 2.37. The molecule has 0 saturated carbocycles. The first-order chi connectivity index (χ1) is 13.7. The molecule has 1 saturated heterocycles. The monoisotopic (exact) mass is 384 g/mol. The Morgan fingerprint density at radius 3 is 2.61 bits per heavy atom. The van der Waals surface area contributed by atoms with E-state index in [0.717, 1.165) is 23.3 Å². The van der Waals surface area contributed by atoms with Crippen molar-refractivity contribution in [1.82, 2.24) is 10.6 Å². The van der Waals surface area contributed by atoms with Crippen LogP contribution in [0.5, 0.6) is 5.75 Å². The number of amides is 1. The SMILES string of the molecule is CCCOc1ccc(C[C@H]2NC[C@H](O)[C@H]2OC(=O)NCc2ccccc2)cc1. The lowest BCUT2D eigenvalue weighted by atomic mass is 10.0. The summed E-state index contributed by atoms with van der Waals surface area (Å²) < 4.78 is 11.1. The van der Waals surface area contributed by atoms with Crippen LogP contribution in [0.15, 0.2) is 54.6 Å². The summed E-state index contributed by atoms with van der Waals surface area (Å²) in [6, 6.07) is 17.4. The fourth-order valence-corrected chi connectivity index (χ4v) is 3.25. The first-order valence-electron chi connectivity index (χ1n) is 9.77. The minimum absolute atomic E-state index is 0.139. The highest BCUT2D eigenvalue weighted by molar-refractivity contribution is 5.67. The minimum Gasteiger partial charge on any atom is -0.494 e. The molecule has 1 fully saturated rings. The molecule has 0 spiro atoms. The summed E-state index contributed by atoms with van der Waals surface area (Å²) in [6.07, 6.45) is -0.213. The number of carbonyl (C=O) groups excluding carboxylic acids is 1. The molecule has 150 valence electrons. The van der Waals surface area contributed by atoms with Gasteiger partial charge in [0.2, 0.25) is 0 Å². The zero-order valence-electron chi connectivity index (χ0n) is 16.1. The second kappa shape index (κ2) is 10.1. The van der Waals surface area contributed by atoms with Crippen molar-refractivity contribution in [2.75, 3.05) is 13.2 Å². The van der Waals surface area contributed by atoms with Gasteiger partial charge in [-0.15, -0.1) is 0 Å². The number of aliphatic hydroxyl groups excluding tert-OH is 1. The van der Waals surface area contributed by atoms with Crippen molar-refractivity contribution in [3.8, 4) is 5.75 Å². The van der Waals surface area contributed by atoms with E-state index in [1.807, 2.05) is 54.6 Å². The lowest BCUT2D eigenvalue weighted by Gasteiger charge is -2.22. The van der Waals surface area contributed by atoms with E-state index in [1.54, 1.807) is 0 Å². The van der Waals surface area contributed by atoms with Crippen LogP contribution in [0.25, 0.3) is 0 Å². The Hall–Kier alpha value is -2.57. The van der Waals surface area contributed by atoms with Gasteiger partial charge in [0.25, 0.3) is 0 Å². The van der Waals surface area contributed by atoms with Crippen LogP contribution >= 0.6 is 0 Å². The second-order valence-electron chi connectivity index (χ2n) is 6.99. The van der Waals surface area contributed by atoms with Crippen molar-refractivity contribution >= 4 is 6.09 Å². The average Bonchev–Trinajstić information content (AvgIpc) is 3.06. The Bertz CT molecular complexity index is 736. The molecule has 3 atom stereocenters. The van der Waals surface area contributed by atoms with Crippen LogP contribution in [0, 0.1) is 0 Å². The molecule has 2 aromatic carbocycles. The number of nitrogens with one attached hydrogen (secondary N) is 2. The molecule has 1 aliphatic heterocycles. The predicted molar refractivity (Wildman–Crippen MR) is 107 cm³/mol. The van der Waals surface area contributed by atoms with E-state index in [9.17, 15) is 9.90 Å². The molecule has 6 heteroatoms. The number of alkyl carbamates (subject to hydrolysis) is 1. The number of rotatable bonds is 8. The molecule has 1 amide bonds. The van der Waals surface area contributed by atoms with E-state index < -0.39 is 18.3 Å². The average molecular weight is 384 g/mol. The van der Waals surface area contributed by atoms with Crippen molar-refractivity contribution < 1.29 is 19.4 Å². The molecule has 0 radical (unpaired) electrons. The lowest BCUT2D eigenvalue weighted by Crippen LogP contribution is -2.41. The molecule has 0 unspecified atom stereocenters. The lowest BCUT2D eigenvalue weighted by molar-refractivity contribution is 0.0188. The molecule has 0 aliphatic carbocycles. The summed E-state index contributed by atoms with van der Waals surface area (Å²) in [5.74, 6) is 0.845. The van der Waals surface area contributed by atoms with Gasteiger partial charge in [-0.05, 0) is 36.1 Å². The maximum absolute atomic E-state index is 12.2. The molecular weight excluding hydrogens is 356 g/mol. The predicted octanol–water partition coefficient (Wildman–Crippen LogP) is 2.65. The Morgan fingerprint density at radius 2 is 1.89 bits per heavy atom. The topological polar surface area (TPSA) is 79.8 Å². The van der Waals surface area contributed by atoms with E-state index in [1.165, 1.54) is 0 Å². The van der Waals surface area contributed by atoms with Crippen molar-refractivity contribution in [3.63, 3.8) is 0 Å². The molecule has 3 rings (SSSR count). The summed E-state index contributed by atoms with van der Waals surface area (Å²) in [5, 5.41) is 16.2. The zero-order chi connectivity index (χ0) is 19.8. The summed E-state index contributed by atoms with van der Waals surface area (Å²) >= 11 is 0. The van der Waals surface area contributed by atoms with E-state index in [-0.39, 0.29) is 6.04 Å². The van der Waals surface area contributed by atoms with Gasteiger partial charge in [0.1, 0.15) is 18.0 Å². The molecule has 2 aromatic rings. The third-order valence-electron chi connectivity index (χ3n) is 4.74. The van der Waals surface area contributed by atoms with Gasteiger partial charge in [0, 0.05) is 13.1 Å². The van der Waals surface area contributed by atoms with E-state index in [2.05, 4.69) is 17.6 Å². The largest absolute Gasteiger partial charge is 0.494 e. The Morgan fingerprint density at radius 1 is 1.14 bits per heavy atom. The molecule has 3 N–H and O–H groups in total. The number of β-amino-alcohol motifs (C(OH)–C–C–N with tert-alkyl or cyclic N) is 1. The van der Waals surface area contributed by atoms with E-state index in [0.29, 0.717) is 26.1 Å². The molecule has 1 heterocycles. The van der Waals surface area contributed by atoms with Crippen molar-refractivity contribution in [3.05, 3.63) is 65.7 Å². The number of hydrogen-bond donors (Lipinski definition) is 3. The molecule has 28 heavy (non-hydrogen) atoms. The molecule has 1 aliphatic rings. The van der Waals surface area contributed by atoms with Gasteiger partial charge in [-0.2, -0.15) is 0 Å². The van der Waals surface area contributed by atoms with Crippen molar-refractivity contribution in [2.45, 2.75) is 44.6 Å². The number of aliphatic hydroxyl groups is 1. The van der Waals surface area contributed by atoms with Crippen molar-refractivity contribution in [1.29, 1.82) is 0 Å². The summed E-state index contributed by atoms with van der Waals surface area (Å²) in [6.45, 7) is 3.56. The number of carbonyl (C=O) groups is 1. The number of ether oxygens (including phenoxy) is 2. The third-order valence-corrected chi connectivity index (χ3v) is 4.74. The van der Waals surface area contributed by atoms with Crippen LogP contribution in [0.3, 0.4) is 0 Å². The Kier molecular flexibility index (Phi) is 7.28. The summed E-state index contributed by atoms with van der Waals surface area (Å²) in [4.78, 5) is 12.2. The zero-order valence-corrected chi connectivity index (χ0v) is 16.1. The normalized spacial score (nSPS) is 21.3. The smallest absolute Gasteiger partial charge is 0.407 e. The number of hydrogen-bond acceptors (Lipinski definition) is 5. The van der Waals surface area contributed by atoms with Crippen LogP contribution in [-0.2, 0) is 17.7 Å². The summed E-state index contributed by atoms with van der Waals surface area (Å²) in [7, 11) is 0. The van der Waals surface area contributed by atoms with Crippen LogP contribution < -0.4 is 15.4 Å². The van der Waals surface area contributed by atoms with Gasteiger partial charge in [-0.3, -0.25) is 0 Å². The standard InChI is InChI=1S/C22H28N2O4/c1-2-12-27-18-10-8-16(9-11-18)13-19-21(20(25)15-23-19)28-22(26)24-14-17-6-4-3-5-7-17/h3-11,19-21,23,25H,2,12-15H2,1H3,(H,24,26)/t19-,20+,21+/m1/s1. The van der Waals surface area contributed by atoms with Crippen molar-refractivity contribution in [2.24, 2.45) is 0 Å².